The molecule has 0 aliphatic heterocycles. The Morgan fingerprint density at radius 3 is 1.00 bits per heavy atom. The molecule has 0 nitrogen and oxygen atoms in total. The fraction of sp³-hybridized carbons (Fsp3) is 1.00. The molecule has 0 rings (SSSR count). The quantitative estimate of drug-likeness (QED) is 0.342. The Balaban J connectivity index is 5.09. The number of hydrogen-bond donors (Lipinski definition) is 0. The molecule has 0 radical (unpaired) electrons. The average molecular weight is 367 g/mol. The lowest BCUT2D eigenvalue weighted by molar-refractivity contribution is 0.0562. The number of rotatable bonds is 11. The Hall–Kier alpha value is 0. The zero-order valence-corrected chi connectivity index (χ0v) is 21.0. The lowest BCUT2D eigenvalue weighted by atomic mass is 9.62. The average Bonchev–Trinajstić information content (AvgIpc) is 2.61. The first kappa shape index (κ1) is 26.0. The maximum Gasteiger partial charge on any atom is -0.0329 e. The van der Waals surface area contributed by atoms with Gasteiger partial charge < -0.3 is 0 Å². The summed E-state index contributed by atoms with van der Waals surface area (Å²) in [6.07, 6.45) is 1.27. The predicted octanol–water partition coefficient (Wildman–Crippen LogP) is 8.80. The summed E-state index contributed by atoms with van der Waals surface area (Å²) in [6, 6.07) is 0. The summed E-state index contributed by atoms with van der Waals surface area (Å²) < 4.78 is 0. The molecule has 0 heteroatoms. The molecular weight excluding hydrogens is 312 g/mol. The van der Waals surface area contributed by atoms with Crippen LogP contribution in [0.5, 0.6) is 0 Å². The third kappa shape index (κ3) is 6.27. The molecule has 0 aromatic rings. The van der Waals surface area contributed by atoms with Gasteiger partial charge in [-0.05, 0) is 64.6 Å². The molecule has 26 heavy (non-hydrogen) atoms. The summed E-state index contributed by atoms with van der Waals surface area (Å²) in [5, 5.41) is 0. The third-order valence-electron chi connectivity index (χ3n) is 9.79. The topological polar surface area (TPSA) is 0 Å². The van der Waals surface area contributed by atoms with Gasteiger partial charge in [-0.3, -0.25) is 0 Å². The molecule has 158 valence electrons. The van der Waals surface area contributed by atoms with Gasteiger partial charge in [-0.15, -0.1) is 0 Å². The number of hydrogen-bond acceptors (Lipinski definition) is 0. The minimum absolute atomic E-state index is 0.441. The van der Waals surface area contributed by atoms with Gasteiger partial charge in [0.05, 0.1) is 0 Å². The van der Waals surface area contributed by atoms with E-state index in [1.54, 1.807) is 0 Å². The summed E-state index contributed by atoms with van der Waals surface area (Å²) in [6.45, 7) is 34.5. The molecule has 0 bridgehead atoms. The van der Waals surface area contributed by atoms with Crippen molar-refractivity contribution in [3.8, 4) is 0 Å². The Kier molecular flexibility index (Phi) is 10.5. The third-order valence-corrected chi connectivity index (χ3v) is 9.79. The van der Waals surface area contributed by atoms with E-state index in [4.69, 9.17) is 0 Å². The first-order valence-corrected chi connectivity index (χ1v) is 11.7. The maximum atomic E-state index is 2.53. The normalized spacial score (nSPS) is 23.7. The minimum atomic E-state index is 0.441. The maximum absolute atomic E-state index is 2.53. The summed E-state index contributed by atoms with van der Waals surface area (Å²) in [4.78, 5) is 0. The highest BCUT2D eigenvalue weighted by Crippen LogP contribution is 2.44. The first-order chi connectivity index (χ1) is 11.7. The second-order valence-corrected chi connectivity index (χ2v) is 11.2. The van der Waals surface area contributed by atoms with Gasteiger partial charge in [-0.2, -0.15) is 0 Å². The van der Waals surface area contributed by atoms with Crippen molar-refractivity contribution in [3.63, 3.8) is 0 Å². The molecule has 0 aromatic carbocycles. The van der Waals surface area contributed by atoms with Crippen molar-refractivity contribution in [1.82, 2.24) is 0 Å². The lowest BCUT2D eigenvalue weighted by Crippen LogP contribution is -2.36. The van der Waals surface area contributed by atoms with E-state index in [1.807, 2.05) is 0 Å². The molecule has 0 amide bonds. The van der Waals surface area contributed by atoms with Crippen LogP contribution in [0.25, 0.3) is 0 Å². The van der Waals surface area contributed by atoms with Crippen LogP contribution < -0.4 is 0 Å². The van der Waals surface area contributed by atoms with E-state index in [-0.39, 0.29) is 0 Å². The molecule has 0 aromatic heterocycles. The molecule has 0 spiro atoms. The van der Waals surface area contributed by atoms with Crippen LogP contribution in [0.3, 0.4) is 0 Å². The molecule has 0 aliphatic rings. The Bertz CT molecular complexity index is 379. The second-order valence-electron chi connectivity index (χ2n) is 11.2. The van der Waals surface area contributed by atoms with Gasteiger partial charge in [0.25, 0.3) is 0 Å². The van der Waals surface area contributed by atoms with Gasteiger partial charge in [-0.1, -0.05) is 103 Å². The van der Waals surface area contributed by atoms with Crippen molar-refractivity contribution in [1.29, 1.82) is 0 Å². The summed E-state index contributed by atoms with van der Waals surface area (Å²) in [7, 11) is 0. The van der Waals surface area contributed by atoms with Crippen LogP contribution >= 0.6 is 0 Å². The lowest BCUT2D eigenvalue weighted by Gasteiger charge is -2.43. The monoisotopic (exact) mass is 366 g/mol. The van der Waals surface area contributed by atoms with E-state index >= 15 is 0 Å². The highest BCUT2D eigenvalue weighted by molar-refractivity contribution is 4.85. The molecule has 0 saturated heterocycles. The standard InChI is InChI=1S/C26H54/c1-15-26(13,14)25(12)24(11)23(10)22(9)21(8)20(7)19(6)18(5)17(4)16(2)3/h16-25H,15H2,1-14H3. The largest absolute Gasteiger partial charge is 0.0649 e. The molecule has 0 N–H and O–H groups in total. The van der Waals surface area contributed by atoms with Gasteiger partial charge in [0.1, 0.15) is 0 Å². The minimum Gasteiger partial charge on any atom is -0.0649 e. The first-order valence-electron chi connectivity index (χ1n) is 11.7. The van der Waals surface area contributed by atoms with Crippen LogP contribution in [0.2, 0.25) is 0 Å². The van der Waals surface area contributed by atoms with Gasteiger partial charge in [0.15, 0.2) is 0 Å². The fourth-order valence-electron chi connectivity index (χ4n) is 4.97. The van der Waals surface area contributed by atoms with E-state index < -0.39 is 0 Å². The zero-order chi connectivity index (χ0) is 21.0. The van der Waals surface area contributed by atoms with E-state index in [0.717, 1.165) is 59.2 Å². The van der Waals surface area contributed by atoms with Gasteiger partial charge >= 0.3 is 0 Å². The molecule has 0 fully saturated rings. The smallest absolute Gasteiger partial charge is 0.0329 e. The zero-order valence-electron chi connectivity index (χ0n) is 21.0. The SMILES string of the molecule is CCC(C)(C)C(C)C(C)C(C)C(C)C(C)C(C)C(C)C(C)C(C)C(C)C. The Morgan fingerprint density at radius 2 is 0.731 bits per heavy atom. The van der Waals surface area contributed by atoms with Crippen molar-refractivity contribution in [2.45, 2.75) is 103 Å². The molecular formula is C26H54. The molecule has 0 aliphatic carbocycles. The van der Waals surface area contributed by atoms with Crippen molar-refractivity contribution in [3.05, 3.63) is 0 Å². The summed E-state index contributed by atoms with van der Waals surface area (Å²) >= 11 is 0. The van der Waals surface area contributed by atoms with E-state index in [0.29, 0.717) is 5.41 Å². The highest BCUT2D eigenvalue weighted by atomic mass is 14.4. The van der Waals surface area contributed by atoms with Crippen LogP contribution in [0.1, 0.15) is 103 Å². The van der Waals surface area contributed by atoms with Crippen molar-refractivity contribution < 1.29 is 0 Å². The van der Waals surface area contributed by atoms with Gasteiger partial charge in [0.2, 0.25) is 0 Å². The summed E-state index contributed by atoms with van der Waals surface area (Å²) in [5.74, 6) is 7.83. The highest BCUT2D eigenvalue weighted by Gasteiger charge is 2.37. The van der Waals surface area contributed by atoms with Crippen molar-refractivity contribution in [2.75, 3.05) is 0 Å². The van der Waals surface area contributed by atoms with Crippen LogP contribution in [0.15, 0.2) is 0 Å². The summed E-state index contributed by atoms with van der Waals surface area (Å²) in [5.41, 5.74) is 0.441. The van der Waals surface area contributed by atoms with Crippen LogP contribution in [-0.2, 0) is 0 Å². The second kappa shape index (κ2) is 10.5. The van der Waals surface area contributed by atoms with Crippen LogP contribution in [0.4, 0.5) is 0 Å². The Morgan fingerprint density at radius 1 is 0.462 bits per heavy atom. The molecule has 9 atom stereocenters. The molecule has 0 heterocycles. The molecule has 0 saturated carbocycles. The fourth-order valence-corrected chi connectivity index (χ4v) is 4.97. The van der Waals surface area contributed by atoms with Gasteiger partial charge in [-0.25, -0.2) is 0 Å². The Labute approximate surface area is 168 Å². The van der Waals surface area contributed by atoms with E-state index in [1.165, 1.54) is 6.42 Å². The van der Waals surface area contributed by atoms with Crippen molar-refractivity contribution >= 4 is 0 Å². The van der Waals surface area contributed by atoms with E-state index in [9.17, 15) is 0 Å². The van der Waals surface area contributed by atoms with Crippen molar-refractivity contribution in [2.24, 2.45) is 64.6 Å². The predicted molar refractivity (Wildman–Crippen MR) is 121 cm³/mol. The van der Waals surface area contributed by atoms with E-state index in [2.05, 4.69) is 96.9 Å². The molecule has 9 unspecified atom stereocenters. The van der Waals surface area contributed by atoms with Gasteiger partial charge in [0, 0.05) is 0 Å². The van der Waals surface area contributed by atoms with Crippen LogP contribution in [0, 0.1) is 64.6 Å². The van der Waals surface area contributed by atoms with Crippen LogP contribution in [-0.4, -0.2) is 0 Å².